The van der Waals surface area contributed by atoms with Gasteiger partial charge in [0.1, 0.15) is 5.76 Å². The van der Waals surface area contributed by atoms with E-state index >= 15 is 0 Å². The Hall–Kier alpha value is -3.43. The van der Waals surface area contributed by atoms with E-state index in [-0.39, 0.29) is 11.7 Å². The second-order valence-corrected chi connectivity index (χ2v) is 8.42. The van der Waals surface area contributed by atoms with Gasteiger partial charge in [0.05, 0.1) is 18.8 Å². The summed E-state index contributed by atoms with van der Waals surface area (Å²) in [6.07, 6.45) is 2.17. The number of nitrogens with zero attached hydrogens (tertiary/aromatic N) is 2. The molecule has 2 heterocycles. The SMILES string of the molecule is CC#Cc1cc(C)c(C2=C(OC(=O)N3CCOCC3)CC(Cc3ccccn3)C2=O)c(C)c1. The summed E-state index contributed by atoms with van der Waals surface area (Å²) in [6, 6.07) is 9.64. The molecule has 0 saturated carbocycles. The Labute approximate surface area is 194 Å². The van der Waals surface area contributed by atoms with Gasteiger partial charge in [0.2, 0.25) is 0 Å². The van der Waals surface area contributed by atoms with Gasteiger partial charge in [-0.15, -0.1) is 5.92 Å². The highest BCUT2D eigenvalue weighted by atomic mass is 16.6. The number of carbonyl (C=O) groups is 2. The zero-order valence-corrected chi connectivity index (χ0v) is 19.3. The maximum Gasteiger partial charge on any atom is 0.415 e. The van der Waals surface area contributed by atoms with Crippen LogP contribution < -0.4 is 0 Å². The van der Waals surface area contributed by atoms with Crippen LogP contribution in [0.4, 0.5) is 4.79 Å². The zero-order chi connectivity index (χ0) is 23.4. The Morgan fingerprint density at radius 2 is 1.94 bits per heavy atom. The molecule has 2 aromatic rings. The third-order valence-electron chi connectivity index (χ3n) is 6.04. The number of aromatic nitrogens is 1. The van der Waals surface area contributed by atoms with E-state index in [0.717, 1.165) is 27.9 Å². The molecule has 1 aromatic heterocycles. The van der Waals surface area contributed by atoms with Crippen LogP contribution in [0.3, 0.4) is 0 Å². The van der Waals surface area contributed by atoms with Crippen molar-refractivity contribution in [3.05, 3.63) is 70.2 Å². The molecule has 2 aliphatic rings. The molecule has 0 spiro atoms. The molecule has 6 heteroatoms. The van der Waals surface area contributed by atoms with Crippen LogP contribution in [0.2, 0.25) is 0 Å². The summed E-state index contributed by atoms with van der Waals surface area (Å²) in [6.45, 7) is 7.67. The van der Waals surface area contributed by atoms with E-state index in [1.807, 2.05) is 44.2 Å². The number of rotatable bonds is 4. The first-order valence-electron chi connectivity index (χ1n) is 11.2. The first kappa shape index (κ1) is 22.8. The van der Waals surface area contributed by atoms with Crippen molar-refractivity contribution in [3.63, 3.8) is 0 Å². The molecule has 0 radical (unpaired) electrons. The molecule has 33 heavy (non-hydrogen) atoms. The molecule has 1 aliphatic carbocycles. The molecular formula is C27H28N2O4. The largest absolute Gasteiger partial charge is 0.415 e. The molecule has 1 aliphatic heterocycles. The number of aryl methyl sites for hydroxylation is 2. The van der Waals surface area contributed by atoms with Crippen molar-refractivity contribution >= 4 is 17.4 Å². The van der Waals surface area contributed by atoms with Crippen molar-refractivity contribution < 1.29 is 19.1 Å². The maximum absolute atomic E-state index is 13.7. The molecule has 1 atom stereocenters. The van der Waals surface area contributed by atoms with Crippen molar-refractivity contribution in [2.75, 3.05) is 26.3 Å². The van der Waals surface area contributed by atoms with Crippen molar-refractivity contribution in [1.82, 2.24) is 9.88 Å². The molecule has 0 bridgehead atoms. The lowest BCUT2D eigenvalue weighted by Gasteiger charge is -2.26. The number of hydrogen-bond acceptors (Lipinski definition) is 5. The number of Topliss-reactive ketones (excluding diaryl/α,β-unsaturated/α-hetero) is 1. The van der Waals surface area contributed by atoms with Gasteiger partial charge in [-0.2, -0.15) is 0 Å². The standard InChI is InChI=1S/C27H28N2O4/c1-4-7-20-14-18(2)24(19(3)15-20)25-23(33-27(31)29-10-12-32-13-11-29)17-21(26(25)30)16-22-8-5-6-9-28-22/h5-6,8-9,14-15,21H,10-13,16-17H2,1-3H3. The number of carbonyl (C=O) groups excluding carboxylic acids is 2. The van der Waals surface area contributed by atoms with Crippen LogP contribution in [0.25, 0.3) is 5.57 Å². The van der Waals surface area contributed by atoms with Gasteiger partial charge < -0.3 is 14.4 Å². The van der Waals surface area contributed by atoms with Gasteiger partial charge in [-0.25, -0.2) is 4.79 Å². The summed E-state index contributed by atoms with van der Waals surface area (Å²) in [7, 11) is 0. The molecule has 170 valence electrons. The summed E-state index contributed by atoms with van der Waals surface area (Å²) >= 11 is 0. The number of pyridine rings is 1. The Kier molecular flexibility index (Phi) is 6.90. The van der Waals surface area contributed by atoms with E-state index in [9.17, 15) is 9.59 Å². The minimum absolute atomic E-state index is 0.00837. The normalized spacial score (nSPS) is 18.2. The van der Waals surface area contributed by atoms with Gasteiger partial charge in [0.25, 0.3) is 0 Å². The summed E-state index contributed by atoms with van der Waals surface area (Å²) in [5.74, 6) is 6.12. The van der Waals surface area contributed by atoms with Gasteiger partial charge in [-0.1, -0.05) is 12.0 Å². The lowest BCUT2D eigenvalue weighted by atomic mass is 9.89. The lowest BCUT2D eigenvalue weighted by Crippen LogP contribution is -2.40. The predicted molar refractivity (Wildman–Crippen MR) is 125 cm³/mol. The number of allylic oxidation sites excluding steroid dienone is 2. The minimum atomic E-state index is -0.430. The minimum Gasteiger partial charge on any atom is -0.414 e. The van der Waals surface area contributed by atoms with Crippen molar-refractivity contribution in [1.29, 1.82) is 0 Å². The van der Waals surface area contributed by atoms with Crippen LogP contribution in [0, 0.1) is 31.6 Å². The zero-order valence-electron chi connectivity index (χ0n) is 19.3. The van der Waals surface area contributed by atoms with E-state index in [1.54, 1.807) is 18.0 Å². The molecule has 1 fully saturated rings. The molecule has 1 saturated heterocycles. The Balaban J connectivity index is 1.70. The quantitative estimate of drug-likeness (QED) is 0.665. The highest BCUT2D eigenvalue weighted by molar-refractivity contribution is 6.25. The Morgan fingerprint density at radius 3 is 2.58 bits per heavy atom. The highest BCUT2D eigenvalue weighted by Gasteiger charge is 2.38. The van der Waals surface area contributed by atoms with Crippen molar-refractivity contribution in [3.8, 4) is 11.8 Å². The average molecular weight is 445 g/mol. The third-order valence-corrected chi connectivity index (χ3v) is 6.04. The second kappa shape index (κ2) is 10.0. The van der Waals surface area contributed by atoms with Crippen LogP contribution in [-0.2, 0) is 20.7 Å². The van der Waals surface area contributed by atoms with E-state index < -0.39 is 6.09 Å². The van der Waals surface area contributed by atoms with Gasteiger partial charge in [-0.3, -0.25) is 9.78 Å². The number of morpholine rings is 1. The van der Waals surface area contributed by atoms with Gasteiger partial charge in [-0.05, 0) is 61.7 Å². The fourth-order valence-corrected chi connectivity index (χ4v) is 4.54. The molecule has 6 nitrogen and oxygen atoms in total. The van der Waals surface area contributed by atoms with Crippen LogP contribution in [-0.4, -0.2) is 48.1 Å². The maximum atomic E-state index is 13.7. The van der Waals surface area contributed by atoms with Crippen molar-refractivity contribution in [2.24, 2.45) is 5.92 Å². The fraction of sp³-hybridized carbons (Fsp3) is 0.370. The Bertz CT molecular complexity index is 1130. The number of amides is 1. The molecule has 0 N–H and O–H groups in total. The number of hydrogen-bond donors (Lipinski definition) is 0. The van der Waals surface area contributed by atoms with Crippen LogP contribution in [0.15, 0.2) is 42.3 Å². The number of ketones is 1. The van der Waals surface area contributed by atoms with E-state index in [2.05, 4.69) is 16.8 Å². The first-order valence-corrected chi connectivity index (χ1v) is 11.2. The lowest BCUT2D eigenvalue weighted by molar-refractivity contribution is -0.116. The first-order chi connectivity index (χ1) is 16.0. The molecule has 1 unspecified atom stereocenters. The second-order valence-electron chi connectivity index (χ2n) is 8.42. The summed E-state index contributed by atoms with van der Waals surface area (Å²) in [5, 5.41) is 0. The monoisotopic (exact) mass is 444 g/mol. The van der Waals surface area contributed by atoms with Crippen LogP contribution in [0.5, 0.6) is 0 Å². The van der Waals surface area contributed by atoms with Gasteiger partial charge in [0, 0.05) is 49.3 Å². The molecule has 1 amide bonds. The van der Waals surface area contributed by atoms with Crippen LogP contribution in [0.1, 0.15) is 41.3 Å². The smallest absolute Gasteiger partial charge is 0.414 e. The van der Waals surface area contributed by atoms with E-state index in [0.29, 0.717) is 50.5 Å². The predicted octanol–water partition coefficient (Wildman–Crippen LogP) is 4.08. The highest BCUT2D eigenvalue weighted by Crippen LogP contribution is 2.40. The average Bonchev–Trinajstić information content (AvgIpc) is 3.09. The molecule has 4 rings (SSSR count). The topological polar surface area (TPSA) is 68.7 Å². The summed E-state index contributed by atoms with van der Waals surface area (Å²) in [5.41, 5.74) is 4.96. The Morgan fingerprint density at radius 1 is 1.21 bits per heavy atom. The van der Waals surface area contributed by atoms with Gasteiger partial charge in [0.15, 0.2) is 5.78 Å². The van der Waals surface area contributed by atoms with Crippen molar-refractivity contribution in [2.45, 2.75) is 33.6 Å². The van der Waals surface area contributed by atoms with Crippen LogP contribution >= 0.6 is 0 Å². The summed E-state index contributed by atoms with van der Waals surface area (Å²) in [4.78, 5) is 32.6. The van der Waals surface area contributed by atoms with E-state index in [4.69, 9.17) is 9.47 Å². The molecular weight excluding hydrogens is 416 g/mol. The molecule has 1 aromatic carbocycles. The van der Waals surface area contributed by atoms with Gasteiger partial charge >= 0.3 is 6.09 Å². The van der Waals surface area contributed by atoms with E-state index in [1.165, 1.54) is 0 Å². The number of benzene rings is 1. The third kappa shape index (κ3) is 4.99. The summed E-state index contributed by atoms with van der Waals surface area (Å²) < 4.78 is 11.2. The fourth-order valence-electron chi connectivity index (χ4n) is 4.54. The number of ether oxygens (including phenoxy) is 2.